The van der Waals surface area contributed by atoms with Gasteiger partial charge in [0.15, 0.2) is 11.4 Å². The number of hydrogen-bond donors (Lipinski definition) is 3. The summed E-state index contributed by atoms with van der Waals surface area (Å²) in [5.74, 6) is -1.01. The maximum absolute atomic E-state index is 12.5. The summed E-state index contributed by atoms with van der Waals surface area (Å²) in [7, 11) is 0. The molecule has 0 spiro atoms. The fourth-order valence-electron chi connectivity index (χ4n) is 3.62. The average Bonchev–Trinajstić information content (AvgIpc) is 2.83. The van der Waals surface area contributed by atoms with Gasteiger partial charge in [-0.3, -0.25) is 9.59 Å². The lowest BCUT2D eigenvalue weighted by atomic mass is 9.77. The van der Waals surface area contributed by atoms with E-state index in [1.54, 1.807) is 0 Å². The Morgan fingerprint density at radius 2 is 1.50 bits per heavy atom. The third kappa shape index (κ3) is 6.12. The van der Waals surface area contributed by atoms with Gasteiger partial charge in [0, 0.05) is 18.2 Å². The summed E-state index contributed by atoms with van der Waals surface area (Å²) >= 11 is 3.36. The van der Waals surface area contributed by atoms with Crippen molar-refractivity contribution < 1.29 is 24.9 Å². The maximum atomic E-state index is 12.5. The summed E-state index contributed by atoms with van der Waals surface area (Å²) in [6, 6.07) is 0. The minimum absolute atomic E-state index is 0.168. The molecule has 0 saturated heterocycles. The quantitative estimate of drug-likeness (QED) is 0.320. The van der Waals surface area contributed by atoms with E-state index in [0.29, 0.717) is 44.9 Å². The minimum atomic E-state index is -1.59. The molecule has 0 heterocycles. The van der Waals surface area contributed by atoms with Gasteiger partial charge in [-0.25, -0.2) is 0 Å². The van der Waals surface area contributed by atoms with Crippen LogP contribution in [-0.4, -0.2) is 43.6 Å². The number of alkyl halides is 1. The lowest BCUT2D eigenvalue weighted by Crippen LogP contribution is -2.55. The number of unbranched alkanes of at least 4 members (excludes halogenated alkanes) is 5. The summed E-state index contributed by atoms with van der Waals surface area (Å²) in [6.07, 6.45) is 8.01. The second kappa shape index (κ2) is 10.5. The van der Waals surface area contributed by atoms with Crippen molar-refractivity contribution in [2.24, 2.45) is 0 Å². The standard InChI is InChI=1S/C18H31BrO5/c19-14-7-3-4-9-15(20)18(24)13-8-12-17(18,23)11-6-2-1-5-10-16(21)22/h23-24H,1-14H2,(H,21,22)/t17-,18+/m0/s1. The first-order valence-electron chi connectivity index (χ1n) is 9.11. The van der Waals surface area contributed by atoms with E-state index >= 15 is 0 Å². The first kappa shape index (κ1) is 21.6. The van der Waals surface area contributed by atoms with Crippen LogP contribution in [0.5, 0.6) is 0 Å². The van der Waals surface area contributed by atoms with Gasteiger partial charge in [-0.05, 0) is 44.9 Å². The molecule has 3 N–H and O–H groups in total. The maximum Gasteiger partial charge on any atom is 0.303 e. The van der Waals surface area contributed by atoms with Crippen LogP contribution in [0.3, 0.4) is 0 Å². The molecule has 0 aromatic heterocycles. The summed E-state index contributed by atoms with van der Waals surface area (Å²) < 4.78 is 0. The van der Waals surface area contributed by atoms with Gasteiger partial charge in [0.05, 0.1) is 0 Å². The Morgan fingerprint density at radius 3 is 2.17 bits per heavy atom. The third-order valence-electron chi connectivity index (χ3n) is 5.13. The predicted molar refractivity (Wildman–Crippen MR) is 96.4 cm³/mol. The smallest absolute Gasteiger partial charge is 0.303 e. The molecule has 0 aliphatic heterocycles. The molecule has 0 unspecified atom stereocenters. The number of carboxylic acids is 1. The molecule has 24 heavy (non-hydrogen) atoms. The van der Waals surface area contributed by atoms with Crippen molar-refractivity contribution in [3.8, 4) is 0 Å². The van der Waals surface area contributed by atoms with Crippen LogP contribution in [0.2, 0.25) is 0 Å². The second-order valence-electron chi connectivity index (χ2n) is 6.98. The topological polar surface area (TPSA) is 94.8 Å². The van der Waals surface area contributed by atoms with Crippen molar-refractivity contribution in [2.75, 3.05) is 5.33 Å². The molecule has 2 atom stereocenters. The fraction of sp³-hybridized carbons (Fsp3) is 0.889. The van der Waals surface area contributed by atoms with Gasteiger partial charge in [0.1, 0.15) is 5.60 Å². The lowest BCUT2D eigenvalue weighted by molar-refractivity contribution is -0.167. The summed E-state index contributed by atoms with van der Waals surface area (Å²) in [5, 5.41) is 31.2. The Labute approximate surface area is 153 Å². The van der Waals surface area contributed by atoms with Crippen molar-refractivity contribution in [1.82, 2.24) is 0 Å². The highest BCUT2D eigenvalue weighted by Crippen LogP contribution is 2.44. The Kier molecular flexibility index (Phi) is 9.45. The normalized spacial score (nSPS) is 26.6. The zero-order valence-electron chi connectivity index (χ0n) is 14.4. The molecule has 1 aliphatic rings. The first-order valence-corrected chi connectivity index (χ1v) is 10.2. The van der Waals surface area contributed by atoms with Gasteiger partial charge in [-0.15, -0.1) is 0 Å². The molecule has 1 rings (SSSR count). The van der Waals surface area contributed by atoms with Crippen LogP contribution in [0, 0.1) is 0 Å². The molecule has 1 aliphatic carbocycles. The van der Waals surface area contributed by atoms with Crippen LogP contribution in [0.4, 0.5) is 0 Å². The average molecular weight is 407 g/mol. The van der Waals surface area contributed by atoms with E-state index in [1.807, 2.05) is 0 Å². The van der Waals surface area contributed by atoms with Gasteiger partial charge in [0.2, 0.25) is 0 Å². The molecule has 0 amide bonds. The van der Waals surface area contributed by atoms with E-state index in [0.717, 1.165) is 37.4 Å². The number of aliphatic carboxylic acids is 1. The molecule has 0 aromatic rings. The van der Waals surface area contributed by atoms with Crippen LogP contribution < -0.4 is 0 Å². The van der Waals surface area contributed by atoms with Crippen LogP contribution >= 0.6 is 15.9 Å². The Morgan fingerprint density at radius 1 is 0.875 bits per heavy atom. The molecule has 0 aromatic carbocycles. The number of carbonyl (C=O) groups excluding carboxylic acids is 1. The largest absolute Gasteiger partial charge is 0.481 e. The molecular formula is C18H31BrO5. The van der Waals surface area contributed by atoms with Gasteiger partial charge in [-0.2, -0.15) is 0 Å². The predicted octanol–water partition coefficient (Wildman–Crippen LogP) is 3.58. The van der Waals surface area contributed by atoms with Gasteiger partial charge < -0.3 is 15.3 Å². The van der Waals surface area contributed by atoms with Crippen molar-refractivity contribution in [3.05, 3.63) is 0 Å². The minimum Gasteiger partial charge on any atom is -0.481 e. The monoisotopic (exact) mass is 406 g/mol. The highest BCUT2D eigenvalue weighted by Gasteiger charge is 2.56. The number of Topliss-reactive ketones (excluding diaryl/α,β-unsaturated/α-hetero) is 1. The highest BCUT2D eigenvalue weighted by atomic mass is 79.9. The summed E-state index contributed by atoms with van der Waals surface area (Å²) in [6.45, 7) is 0. The van der Waals surface area contributed by atoms with Crippen molar-refractivity contribution in [2.45, 2.75) is 94.7 Å². The zero-order valence-corrected chi connectivity index (χ0v) is 16.0. The lowest BCUT2D eigenvalue weighted by Gasteiger charge is -2.37. The van der Waals surface area contributed by atoms with Crippen molar-refractivity contribution in [1.29, 1.82) is 0 Å². The van der Waals surface area contributed by atoms with Crippen LogP contribution in [0.1, 0.15) is 83.5 Å². The third-order valence-corrected chi connectivity index (χ3v) is 5.69. The van der Waals surface area contributed by atoms with E-state index < -0.39 is 17.2 Å². The van der Waals surface area contributed by atoms with E-state index in [4.69, 9.17) is 5.11 Å². The second-order valence-corrected chi connectivity index (χ2v) is 7.77. The number of rotatable bonds is 13. The summed E-state index contributed by atoms with van der Waals surface area (Å²) in [5.41, 5.74) is -2.91. The van der Waals surface area contributed by atoms with Gasteiger partial charge in [0.25, 0.3) is 0 Å². The number of hydrogen-bond acceptors (Lipinski definition) is 4. The Hall–Kier alpha value is -0.460. The molecule has 140 valence electrons. The first-order chi connectivity index (χ1) is 11.4. The number of carboxylic acid groups (broad SMARTS) is 1. The van der Waals surface area contributed by atoms with Gasteiger partial charge in [-0.1, -0.05) is 41.6 Å². The van der Waals surface area contributed by atoms with Crippen LogP contribution in [0.25, 0.3) is 0 Å². The molecule has 1 saturated carbocycles. The molecule has 1 fully saturated rings. The number of ketones is 1. The molecule has 6 heteroatoms. The van der Waals surface area contributed by atoms with E-state index in [2.05, 4.69) is 15.9 Å². The van der Waals surface area contributed by atoms with E-state index in [9.17, 15) is 19.8 Å². The SMILES string of the molecule is O=C(O)CCCCCC[C@]1(O)CCC[C@@]1(O)C(=O)CCCCCBr. The Balaban J connectivity index is 2.42. The van der Waals surface area contributed by atoms with E-state index in [1.165, 1.54) is 0 Å². The van der Waals surface area contributed by atoms with E-state index in [-0.39, 0.29) is 12.2 Å². The number of halogens is 1. The van der Waals surface area contributed by atoms with Crippen LogP contribution in [-0.2, 0) is 9.59 Å². The number of aliphatic hydroxyl groups is 2. The zero-order chi connectivity index (χ0) is 18.1. The summed E-state index contributed by atoms with van der Waals surface area (Å²) in [4.78, 5) is 22.9. The molecule has 5 nitrogen and oxygen atoms in total. The molecule has 0 radical (unpaired) electrons. The Bertz CT molecular complexity index is 414. The highest BCUT2D eigenvalue weighted by molar-refractivity contribution is 9.09. The van der Waals surface area contributed by atoms with Gasteiger partial charge >= 0.3 is 5.97 Å². The fourth-order valence-corrected chi connectivity index (χ4v) is 4.01. The van der Waals surface area contributed by atoms with Crippen LogP contribution in [0.15, 0.2) is 0 Å². The van der Waals surface area contributed by atoms with Crippen molar-refractivity contribution in [3.63, 3.8) is 0 Å². The molecule has 0 bridgehead atoms. The molecular weight excluding hydrogens is 376 g/mol. The number of carbonyl (C=O) groups is 2. The van der Waals surface area contributed by atoms with Crippen molar-refractivity contribution >= 4 is 27.7 Å².